The number of anilines is 2. The quantitative estimate of drug-likeness (QED) is 0.845. The van der Waals surface area contributed by atoms with Gasteiger partial charge in [0.25, 0.3) is 0 Å². The van der Waals surface area contributed by atoms with Crippen molar-refractivity contribution in [3.8, 4) is 6.07 Å². The van der Waals surface area contributed by atoms with Gasteiger partial charge in [-0.05, 0) is 36.8 Å². The van der Waals surface area contributed by atoms with Gasteiger partial charge in [-0.3, -0.25) is 0 Å². The Morgan fingerprint density at radius 1 is 1.25 bits per heavy atom. The zero-order valence-corrected chi connectivity index (χ0v) is 11.6. The minimum Gasteiger partial charge on any atom is -0.399 e. The molecular weight excluding hydrogens is 248 g/mol. The van der Waals surface area contributed by atoms with Gasteiger partial charge in [-0.15, -0.1) is 0 Å². The molecule has 0 fully saturated rings. The maximum atomic E-state index is 9.12. The molecule has 0 spiro atoms. The minimum atomic E-state index is 0.490. The number of pyridine rings is 1. The molecule has 0 amide bonds. The predicted molar refractivity (Wildman–Crippen MR) is 81.1 cm³/mol. The van der Waals surface area contributed by atoms with E-state index in [-0.39, 0.29) is 0 Å². The standard InChI is InChI=1S/C16H18N4/c1-2-10-20(15-7-5-14(18)6-8-15)12-13-4-3-9-19-16(13)11-17/h3-9H,2,10,12,18H2,1H3. The lowest BCUT2D eigenvalue weighted by Gasteiger charge is -2.24. The van der Waals surface area contributed by atoms with Gasteiger partial charge in [0, 0.05) is 36.2 Å². The monoisotopic (exact) mass is 266 g/mol. The van der Waals surface area contributed by atoms with Gasteiger partial charge in [-0.2, -0.15) is 5.26 Å². The van der Waals surface area contributed by atoms with Crippen LogP contribution < -0.4 is 10.6 Å². The van der Waals surface area contributed by atoms with E-state index in [2.05, 4.69) is 22.9 Å². The van der Waals surface area contributed by atoms with Crippen LogP contribution >= 0.6 is 0 Å². The zero-order chi connectivity index (χ0) is 14.4. The molecule has 0 saturated heterocycles. The van der Waals surface area contributed by atoms with Crippen LogP contribution in [0.4, 0.5) is 11.4 Å². The fraction of sp³-hybridized carbons (Fsp3) is 0.250. The van der Waals surface area contributed by atoms with Gasteiger partial charge >= 0.3 is 0 Å². The largest absolute Gasteiger partial charge is 0.399 e. The third-order valence-electron chi connectivity index (χ3n) is 3.11. The number of aromatic nitrogens is 1. The first-order valence-corrected chi connectivity index (χ1v) is 6.69. The zero-order valence-electron chi connectivity index (χ0n) is 11.6. The van der Waals surface area contributed by atoms with Crippen LogP contribution in [0, 0.1) is 11.3 Å². The second-order valence-corrected chi connectivity index (χ2v) is 4.64. The Balaban J connectivity index is 2.26. The highest BCUT2D eigenvalue weighted by Crippen LogP contribution is 2.20. The van der Waals surface area contributed by atoms with Crippen molar-refractivity contribution >= 4 is 11.4 Å². The molecule has 0 radical (unpaired) electrons. The summed E-state index contributed by atoms with van der Waals surface area (Å²) in [5.41, 5.74) is 9.02. The van der Waals surface area contributed by atoms with Crippen LogP contribution in [0.5, 0.6) is 0 Å². The molecule has 2 aromatic rings. The summed E-state index contributed by atoms with van der Waals surface area (Å²) in [5.74, 6) is 0. The van der Waals surface area contributed by atoms with E-state index in [1.165, 1.54) is 0 Å². The molecule has 1 aromatic carbocycles. The second kappa shape index (κ2) is 6.58. The van der Waals surface area contributed by atoms with Gasteiger partial charge in [0.15, 0.2) is 0 Å². The molecule has 2 rings (SSSR count). The Morgan fingerprint density at radius 2 is 2.00 bits per heavy atom. The van der Waals surface area contributed by atoms with Crippen molar-refractivity contribution in [1.29, 1.82) is 5.26 Å². The van der Waals surface area contributed by atoms with E-state index in [0.29, 0.717) is 12.2 Å². The van der Waals surface area contributed by atoms with Crippen LogP contribution in [0.2, 0.25) is 0 Å². The summed E-state index contributed by atoms with van der Waals surface area (Å²) in [6.45, 7) is 3.73. The van der Waals surface area contributed by atoms with Crippen molar-refractivity contribution in [1.82, 2.24) is 4.98 Å². The fourth-order valence-electron chi connectivity index (χ4n) is 2.13. The molecule has 2 N–H and O–H groups in total. The summed E-state index contributed by atoms with van der Waals surface area (Å²) in [5, 5.41) is 9.12. The third kappa shape index (κ3) is 3.27. The molecule has 102 valence electrons. The summed E-state index contributed by atoms with van der Waals surface area (Å²) >= 11 is 0. The van der Waals surface area contributed by atoms with Crippen LogP contribution in [-0.4, -0.2) is 11.5 Å². The second-order valence-electron chi connectivity index (χ2n) is 4.64. The summed E-state index contributed by atoms with van der Waals surface area (Å²) in [6, 6.07) is 13.8. The summed E-state index contributed by atoms with van der Waals surface area (Å²) in [6.07, 6.45) is 2.68. The summed E-state index contributed by atoms with van der Waals surface area (Å²) in [4.78, 5) is 6.34. The normalized spacial score (nSPS) is 10.0. The molecule has 4 heteroatoms. The van der Waals surface area contributed by atoms with E-state index >= 15 is 0 Å². The Labute approximate surface area is 119 Å². The highest BCUT2D eigenvalue weighted by Gasteiger charge is 2.10. The van der Waals surface area contributed by atoms with Gasteiger partial charge in [0.05, 0.1) is 0 Å². The highest BCUT2D eigenvalue weighted by atomic mass is 15.1. The van der Waals surface area contributed by atoms with Crippen LogP contribution in [-0.2, 0) is 6.54 Å². The maximum absolute atomic E-state index is 9.12. The molecule has 0 saturated carbocycles. The molecule has 0 unspecified atom stereocenters. The van der Waals surface area contributed by atoms with Crippen LogP contribution in [0.3, 0.4) is 0 Å². The third-order valence-corrected chi connectivity index (χ3v) is 3.11. The molecule has 1 heterocycles. The lowest BCUT2D eigenvalue weighted by atomic mass is 10.1. The topological polar surface area (TPSA) is 65.9 Å². The van der Waals surface area contributed by atoms with Crippen molar-refractivity contribution in [3.63, 3.8) is 0 Å². The molecule has 0 aliphatic heterocycles. The van der Waals surface area contributed by atoms with E-state index in [1.807, 2.05) is 36.4 Å². The molecule has 0 bridgehead atoms. The van der Waals surface area contributed by atoms with E-state index < -0.39 is 0 Å². The van der Waals surface area contributed by atoms with Crippen LogP contribution in [0.25, 0.3) is 0 Å². The molecule has 20 heavy (non-hydrogen) atoms. The van der Waals surface area contributed by atoms with Crippen molar-refractivity contribution in [2.75, 3.05) is 17.2 Å². The summed E-state index contributed by atoms with van der Waals surface area (Å²) in [7, 11) is 0. The first-order chi connectivity index (χ1) is 9.74. The lowest BCUT2D eigenvalue weighted by Crippen LogP contribution is -2.24. The first kappa shape index (κ1) is 13.9. The van der Waals surface area contributed by atoms with E-state index in [9.17, 15) is 0 Å². The van der Waals surface area contributed by atoms with Gasteiger partial charge in [-0.25, -0.2) is 4.98 Å². The number of rotatable bonds is 5. The van der Waals surface area contributed by atoms with Gasteiger partial charge in [-0.1, -0.05) is 13.0 Å². The molecule has 1 aromatic heterocycles. The van der Waals surface area contributed by atoms with Gasteiger partial charge < -0.3 is 10.6 Å². The van der Waals surface area contributed by atoms with Crippen molar-refractivity contribution in [3.05, 3.63) is 53.9 Å². The Morgan fingerprint density at radius 3 is 2.65 bits per heavy atom. The number of nitriles is 1. The van der Waals surface area contributed by atoms with E-state index in [0.717, 1.165) is 29.9 Å². The highest BCUT2D eigenvalue weighted by molar-refractivity contribution is 5.53. The minimum absolute atomic E-state index is 0.490. The molecule has 0 atom stereocenters. The Kier molecular flexibility index (Phi) is 4.56. The maximum Gasteiger partial charge on any atom is 0.145 e. The summed E-state index contributed by atoms with van der Waals surface area (Å²) < 4.78 is 0. The smallest absolute Gasteiger partial charge is 0.145 e. The number of hydrogen-bond acceptors (Lipinski definition) is 4. The lowest BCUT2D eigenvalue weighted by molar-refractivity contribution is 0.764. The number of nitrogens with zero attached hydrogens (tertiary/aromatic N) is 3. The number of benzene rings is 1. The van der Waals surface area contributed by atoms with Gasteiger partial charge in [0.1, 0.15) is 11.8 Å². The Hall–Kier alpha value is -2.54. The Bertz CT molecular complexity index is 599. The van der Waals surface area contributed by atoms with E-state index in [4.69, 9.17) is 11.0 Å². The van der Waals surface area contributed by atoms with Crippen LogP contribution in [0.15, 0.2) is 42.6 Å². The molecular formula is C16H18N4. The molecule has 4 nitrogen and oxygen atoms in total. The first-order valence-electron chi connectivity index (χ1n) is 6.69. The average Bonchev–Trinajstić information content (AvgIpc) is 2.48. The SMILES string of the molecule is CCCN(Cc1cccnc1C#N)c1ccc(N)cc1. The number of nitrogen functional groups attached to an aromatic ring is 1. The van der Waals surface area contributed by atoms with E-state index in [1.54, 1.807) is 6.20 Å². The van der Waals surface area contributed by atoms with Crippen molar-refractivity contribution in [2.24, 2.45) is 0 Å². The van der Waals surface area contributed by atoms with Crippen molar-refractivity contribution < 1.29 is 0 Å². The molecule has 0 aliphatic rings. The number of nitrogens with two attached hydrogens (primary N) is 1. The average molecular weight is 266 g/mol. The predicted octanol–water partition coefficient (Wildman–Crippen LogP) is 2.95. The van der Waals surface area contributed by atoms with Crippen LogP contribution in [0.1, 0.15) is 24.6 Å². The van der Waals surface area contributed by atoms with Gasteiger partial charge in [0.2, 0.25) is 0 Å². The fourth-order valence-corrected chi connectivity index (χ4v) is 2.13. The van der Waals surface area contributed by atoms with Crippen molar-refractivity contribution in [2.45, 2.75) is 19.9 Å². The molecule has 0 aliphatic carbocycles. The number of hydrogen-bond donors (Lipinski definition) is 1.